The molecule has 0 spiro atoms. The minimum Gasteiger partial charge on any atom is -0.249 e. The molecule has 0 aliphatic heterocycles. The number of benzene rings is 2. The topological polar surface area (TPSA) is 17.1 Å². The van der Waals surface area contributed by atoms with Gasteiger partial charge in [0.2, 0.25) is 0 Å². The molecule has 0 saturated carbocycles. The molecule has 0 amide bonds. The summed E-state index contributed by atoms with van der Waals surface area (Å²) >= 11 is 0. The van der Waals surface area contributed by atoms with Crippen LogP contribution in [-0.2, 0) is 10.8 Å². The Bertz CT molecular complexity index is 587. The number of hydrogen-bond acceptors (Lipinski definition) is 1. The first kappa shape index (κ1) is 15.0. The largest absolute Gasteiger partial charge is 0.249 e. The standard InChI is InChI=1S/C18H22OS/c1-4-7-15(3)17-8-5-6-9-18(17)20(19)16-12-10-14(2)11-13-16/h5-6,8-13,15H,4,7H2,1-3H3/t15-,20+/m1/s1. The summed E-state index contributed by atoms with van der Waals surface area (Å²) in [7, 11) is -1.09. The average molecular weight is 286 g/mol. The van der Waals surface area contributed by atoms with E-state index in [1.807, 2.05) is 49.4 Å². The van der Waals surface area contributed by atoms with E-state index in [4.69, 9.17) is 0 Å². The number of hydrogen-bond donors (Lipinski definition) is 0. The fourth-order valence-corrected chi connectivity index (χ4v) is 3.76. The molecular weight excluding hydrogens is 264 g/mol. The van der Waals surface area contributed by atoms with Gasteiger partial charge in [-0.15, -0.1) is 0 Å². The van der Waals surface area contributed by atoms with Gasteiger partial charge in [0.1, 0.15) is 0 Å². The fraction of sp³-hybridized carbons (Fsp3) is 0.333. The van der Waals surface area contributed by atoms with Crippen molar-refractivity contribution < 1.29 is 4.21 Å². The maximum absolute atomic E-state index is 12.8. The van der Waals surface area contributed by atoms with Gasteiger partial charge in [-0.05, 0) is 43.0 Å². The van der Waals surface area contributed by atoms with Crippen LogP contribution in [0.4, 0.5) is 0 Å². The molecule has 2 atom stereocenters. The molecule has 0 fully saturated rings. The zero-order valence-electron chi connectivity index (χ0n) is 12.4. The van der Waals surface area contributed by atoms with Gasteiger partial charge in [-0.25, -0.2) is 4.21 Å². The highest BCUT2D eigenvalue weighted by atomic mass is 32.2. The number of aryl methyl sites for hydroxylation is 1. The van der Waals surface area contributed by atoms with E-state index in [0.717, 1.165) is 22.6 Å². The van der Waals surface area contributed by atoms with Crippen molar-refractivity contribution in [1.82, 2.24) is 0 Å². The molecule has 2 heteroatoms. The molecule has 2 aromatic carbocycles. The van der Waals surface area contributed by atoms with Crippen molar-refractivity contribution in [2.75, 3.05) is 0 Å². The normalized spacial score (nSPS) is 13.9. The maximum atomic E-state index is 12.8. The van der Waals surface area contributed by atoms with Gasteiger partial charge in [-0.1, -0.05) is 56.2 Å². The predicted molar refractivity (Wildman–Crippen MR) is 85.6 cm³/mol. The zero-order valence-corrected chi connectivity index (χ0v) is 13.2. The Morgan fingerprint density at radius 3 is 2.35 bits per heavy atom. The van der Waals surface area contributed by atoms with Crippen LogP contribution in [0.25, 0.3) is 0 Å². The van der Waals surface area contributed by atoms with Crippen LogP contribution in [0.5, 0.6) is 0 Å². The van der Waals surface area contributed by atoms with E-state index >= 15 is 0 Å². The third-order valence-corrected chi connectivity index (χ3v) is 5.08. The molecule has 0 aromatic heterocycles. The lowest BCUT2D eigenvalue weighted by Crippen LogP contribution is -2.02. The van der Waals surface area contributed by atoms with Crippen molar-refractivity contribution in [3.8, 4) is 0 Å². The quantitative estimate of drug-likeness (QED) is 0.750. The second kappa shape index (κ2) is 6.85. The Morgan fingerprint density at radius 2 is 1.70 bits per heavy atom. The molecule has 0 unspecified atom stereocenters. The van der Waals surface area contributed by atoms with Crippen molar-refractivity contribution in [1.29, 1.82) is 0 Å². The highest BCUT2D eigenvalue weighted by Crippen LogP contribution is 2.28. The van der Waals surface area contributed by atoms with E-state index in [0.29, 0.717) is 5.92 Å². The smallest absolute Gasteiger partial charge is 0.0852 e. The van der Waals surface area contributed by atoms with E-state index in [9.17, 15) is 4.21 Å². The van der Waals surface area contributed by atoms with Crippen LogP contribution in [0.15, 0.2) is 58.3 Å². The molecule has 0 N–H and O–H groups in total. The molecule has 20 heavy (non-hydrogen) atoms. The van der Waals surface area contributed by atoms with Gasteiger partial charge in [0.15, 0.2) is 0 Å². The molecular formula is C18H22OS. The first-order valence-electron chi connectivity index (χ1n) is 7.21. The molecule has 0 bridgehead atoms. The molecule has 0 aliphatic rings. The van der Waals surface area contributed by atoms with Gasteiger partial charge in [-0.2, -0.15) is 0 Å². The third kappa shape index (κ3) is 3.37. The van der Waals surface area contributed by atoms with Crippen LogP contribution in [0.3, 0.4) is 0 Å². The van der Waals surface area contributed by atoms with Crippen LogP contribution >= 0.6 is 0 Å². The highest BCUT2D eigenvalue weighted by Gasteiger charge is 2.15. The van der Waals surface area contributed by atoms with Gasteiger partial charge >= 0.3 is 0 Å². The third-order valence-electron chi connectivity index (χ3n) is 3.61. The van der Waals surface area contributed by atoms with E-state index in [1.54, 1.807) is 0 Å². The first-order valence-corrected chi connectivity index (χ1v) is 8.35. The van der Waals surface area contributed by atoms with Crippen molar-refractivity contribution in [3.05, 3.63) is 59.7 Å². The molecule has 0 aliphatic carbocycles. The van der Waals surface area contributed by atoms with E-state index < -0.39 is 10.8 Å². The molecule has 0 heterocycles. The summed E-state index contributed by atoms with van der Waals surface area (Å²) in [5.41, 5.74) is 2.41. The number of rotatable bonds is 5. The average Bonchev–Trinajstić information content (AvgIpc) is 2.47. The van der Waals surface area contributed by atoms with Crippen molar-refractivity contribution >= 4 is 10.8 Å². The van der Waals surface area contributed by atoms with Crippen LogP contribution < -0.4 is 0 Å². The second-order valence-corrected chi connectivity index (χ2v) is 6.76. The van der Waals surface area contributed by atoms with Crippen LogP contribution in [0, 0.1) is 6.92 Å². The van der Waals surface area contributed by atoms with Crippen LogP contribution in [0.1, 0.15) is 43.7 Å². The Labute approximate surface area is 124 Å². The van der Waals surface area contributed by atoms with E-state index in [2.05, 4.69) is 19.9 Å². The summed E-state index contributed by atoms with van der Waals surface area (Å²) in [6.45, 7) is 6.45. The summed E-state index contributed by atoms with van der Waals surface area (Å²) in [6.07, 6.45) is 2.27. The summed E-state index contributed by atoms with van der Waals surface area (Å²) in [4.78, 5) is 1.84. The lowest BCUT2D eigenvalue weighted by molar-refractivity contribution is 0.648. The maximum Gasteiger partial charge on any atom is 0.0852 e. The van der Waals surface area contributed by atoms with Crippen LogP contribution in [-0.4, -0.2) is 4.21 Å². The monoisotopic (exact) mass is 286 g/mol. The minimum atomic E-state index is -1.09. The molecule has 0 saturated heterocycles. The molecule has 1 nitrogen and oxygen atoms in total. The first-order chi connectivity index (χ1) is 9.63. The predicted octanol–water partition coefficient (Wildman–Crippen LogP) is 5.07. The molecule has 106 valence electrons. The summed E-state index contributed by atoms with van der Waals surface area (Å²) < 4.78 is 12.8. The fourth-order valence-electron chi connectivity index (χ4n) is 2.43. The van der Waals surface area contributed by atoms with E-state index in [-0.39, 0.29) is 0 Å². The SMILES string of the molecule is CCC[C@@H](C)c1ccccc1[S@@](=O)c1ccc(C)cc1. The summed E-state index contributed by atoms with van der Waals surface area (Å²) in [6, 6.07) is 16.1. The minimum absolute atomic E-state index is 0.450. The molecule has 0 radical (unpaired) electrons. The summed E-state index contributed by atoms with van der Waals surface area (Å²) in [5, 5.41) is 0. The van der Waals surface area contributed by atoms with Gasteiger partial charge in [0.05, 0.1) is 10.8 Å². The summed E-state index contributed by atoms with van der Waals surface area (Å²) in [5.74, 6) is 0.450. The Kier molecular flexibility index (Phi) is 5.13. The second-order valence-electron chi connectivity index (χ2n) is 5.31. The Morgan fingerprint density at radius 1 is 1.05 bits per heavy atom. The van der Waals surface area contributed by atoms with Crippen molar-refractivity contribution in [2.24, 2.45) is 0 Å². The van der Waals surface area contributed by atoms with Gasteiger partial charge in [-0.3, -0.25) is 0 Å². The van der Waals surface area contributed by atoms with Crippen molar-refractivity contribution in [2.45, 2.75) is 49.3 Å². The van der Waals surface area contributed by atoms with Crippen molar-refractivity contribution in [3.63, 3.8) is 0 Å². The Hall–Kier alpha value is -1.41. The molecule has 2 rings (SSSR count). The van der Waals surface area contributed by atoms with Gasteiger partial charge in [0, 0.05) is 9.79 Å². The lowest BCUT2D eigenvalue weighted by atomic mass is 9.97. The molecule has 2 aromatic rings. The highest BCUT2D eigenvalue weighted by molar-refractivity contribution is 7.85. The van der Waals surface area contributed by atoms with Gasteiger partial charge < -0.3 is 0 Å². The van der Waals surface area contributed by atoms with Gasteiger partial charge in [0.25, 0.3) is 0 Å². The zero-order chi connectivity index (χ0) is 14.5. The Balaban J connectivity index is 2.37. The van der Waals surface area contributed by atoms with E-state index in [1.165, 1.54) is 11.1 Å². The lowest BCUT2D eigenvalue weighted by Gasteiger charge is -2.15. The van der Waals surface area contributed by atoms with Crippen LogP contribution in [0.2, 0.25) is 0 Å².